The number of hydrogen-bond donors (Lipinski definition) is 2. The monoisotopic (exact) mass is 394 g/mol. The van der Waals surface area contributed by atoms with E-state index in [4.69, 9.17) is 16.2 Å². The molecule has 1 heterocycles. The molecule has 2 aliphatic rings. The SMILES string of the molecule is COc1ccc(N2C(N)=NC(N)=NC23CCCCC3)cc1S(=O)(=O)N(C)C. The molecule has 0 amide bonds. The predicted molar refractivity (Wildman–Crippen MR) is 105 cm³/mol. The second-order valence-corrected chi connectivity index (χ2v) is 9.06. The fourth-order valence-corrected chi connectivity index (χ4v) is 4.77. The molecule has 4 N–H and O–H groups in total. The van der Waals surface area contributed by atoms with E-state index in [1.165, 1.54) is 21.2 Å². The molecule has 0 saturated heterocycles. The van der Waals surface area contributed by atoms with Gasteiger partial charge in [-0.05, 0) is 43.9 Å². The normalized spacial score (nSPS) is 19.8. The van der Waals surface area contributed by atoms with Gasteiger partial charge in [-0.25, -0.2) is 17.7 Å². The van der Waals surface area contributed by atoms with E-state index >= 15 is 0 Å². The van der Waals surface area contributed by atoms with Gasteiger partial charge in [0, 0.05) is 19.8 Å². The number of aliphatic imine (C=N–C) groups is 2. The summed E-state index contributed by atoms with van der Waals surface area (Å²) in [5.74, 6) is 0.628. The third kappa shape index (κ3) is 3.34. The number of rotatable bonds is 4. The molecule has 1 saturated carbocycles. The minimum atomic E-state index is -3.71. The van der Waals surface area contributed by atoms with Crippen molar-refractivity contribution in [2.75, 3.05) is 26.1 Å². The quantitative estimate of drug-likeness (QED) is 0.786. The van der Waals surface area contributed by atoms with Crippen molar-refractivity contribution in [3.63, 3.8) is 0 Å². The standard InChI is InChI=1S/C17H26N6O3S/c1-22(2)27(24,25)14-11-12(7-8-13(14)26-3)23-16(19)20-15(18)21-17(23)9-5-4-6-10-17/h7-8,11H,4-6,9-10H2,1-3H3,(H4,18,19,20,21). The van der Waals surface area contributed by atoms with E-state index < -0.39 is 15.7 Å². The van der Waals surface area contributed by atoms with Crippen LogP contribution in [-0.2, 0) is 10.0 Å². The first kappa shape index (κ1) is 19.4. The molecule has 0 bridgehead atoms. The summed E-state index contributed by atoms with van der Waals surface area (Å²) in [6.45, 7) is 0. The Labute approximate surface area is 159 Å². The van der Waals surface area contributed by atoms with E-state index in [9.17, 15) is 8.42 Å². The third-order valence-corrected chi connectivity index (χ3v) is 6.85. The molecular formula is C17H26N6O3S. The lowest BCUT2D eigenvalue weighted by atomic mass is 9.87. The van der Waals surface area contributed by atoms with Gasteiger partial charge in [0.2, 0.25) is 21.9 Å². The average molecular weight is 395 g/mol. The van der Waals surface area contributed by atoms with Crippen molar-refractivity contribution in [3.05, 3.63) is 18.2 Å². The van der Waals surface area contributed by atoms with Crippen molar-refractivity contribution >= 4 is 27.6 Å². The molecule has 3 rings (SSSR count). The van der Waals surface area contributed by atoms with Crippen molar-refractivity contribution in [2.24, 2.45) is 21.5 Å². The number of methoxy groups -OCH3 is 1. The van der Waals surface area contributed by atoms with Gasteiger partial charge in [-0.1, -0.05) is 6.42 Å². The lowest BCUT2D eigenvalue weighted by molar-refractivity contribution is 0.305. The number of nitrogens with two attached hydrogens (primary N) is 2. The topological polar surface area (TPSA) is 127 Å². The number of sulfonamides is 1. The van der Waals surface area contributed by atoms with Crippen LogP contribution in [0.5, 0.6) is 5.75 Å². The smallest absolute Gasteiger partial charge is 0.246 e. The van der Waals surface area contributed by atoms with Gasteiger partial charge in [0.15, 0.2) is 0 Å². The van der Waals surface area contributed by atoms with Crippen LogP contribution in [0.15, 0.2) is 33.1 Å². The van der Waals surface area contributed by atoms with Crippen molar-refractivity contribution in [2.45, 2.75) is 42.7 Å². The first-order chi connectivity index (χ1) is 12.7. The van der Waals surface area contributed by atoms with Crippen molar-refractivity contribution in [3.8, 4) is 5.75 Å². The fraction of sp³-hybridized carbons (Fsp3) is 0.529. The summed E-state index contributed by atoms with van der Waals surface area (Å²) in [5.41, 5.74) is 12.1. The summed E-state index contributed by atoms with van der Waals surface area (Å²) in [4.78, 5) is 10.6. The summed E-state index contributed by atoms with van der Waals surface area (Å²) < 4.78 is 32.0. The molecule has 0 aromatic heterocycles. The Balaban J connectivity index is 2.16. The van der Waals surface area contributed by atoms with E-state index in [2.05, 4.69) is 9.98 Å². The van der Waals surface area contributed by atoms with Gasteiger partial charge in [0.25, 0.3) is 0 Å². The van der Waals surface area contributed by atoms with Crippen molar-refractivity contribution in [1.82, 2.24) is 4.31 Å². The summed E-state index contributed by atoms with van der Waals surface area (Å²) in [6, 6.07) is 4.95. The Bertz CT molecular complexity index is 888. The Morgan fingerprint density at radius 3 is 2.44 bits per heavy atom. The molecule has 1 aromatic carbocycles. The van der Waals surface area contributed by atoms with Gasteiger partial charge < -0.3 is 16.2 Å². The summed E-state index contributed by atoms with van der Waals surface area (Å²) in [6.07, 6.45) is 4.63. The first-order valence-corrected chi connectivity index (χ1v) is 10.3. The highest BCUT2D eigenvalue weighted by Gasteiger charge is 2.43. The highest BCUT2D eigenvalue weighted by atomic mass is 32.2. The van der Waals surface area contributed by atoms with Gasteiger partial charge in [0.1, 0.15) is 16.3 Å². The second-order valence-electron chi connectivity index (χ2n) is 6.94. The number of ether oxygens (including phenoxy) is 1. The van der Waals surface area contributed by atoms with Crippen molar-refractivity contribution in [1.29, 1.82) is 0 Å². The highest BCUT2D eigenvalue weighted by Crippen LogP contribution is 2.41. The summed E-state index contributed by atoms with van der Waals surface area (Å²) in [5, 5.41) is 0. The average Bonchev–Trinajstić information content (AvgIpc) is 2.61. The third-order valence-electron chi connectivity index (χ3n) is 5.02. The zero-order chi connectivity index (χ0) is 19.8. The maximum Gasteiger partial charge on any atom is 0.246 e. The molecule has 10 heteroatoms. The molecule has 0 atom stereocenters. The summed E-state index contributed by atoms with van der Waals surface area (Å²) in [7, 11) is 0.684. The summed E-state index contributed by atoms with van der Waals surface area (Å²) >= 11 is 0. The number of hydrogen-bond acceptors (Lipinski definition) is 8. The van der Waals surface area contributed by atoms with Crippen LogP contribution in [0, 0.1) is 0 Å². The molecule has 27 heavy (non-hydrogen) atoms. The van der Waals surface area contributed by atoms with Crippen LogP contribution in [-0.4, -0.2) is 51.5 Å². The fourth-order valence-electron chi connectivity index (χ4n) is 3.70. The maximum atomic E-state index is 12.8. The molecule has 148 valence electrons. The molecule has 0 radical (unpaired) electrons. The molecule has 1 aromatic rings. The van der Waals surface area contributed by atoms with Crippen LogP contribution >= 0.6 is 0 Å². The van der Waals surface area contributed by atoms with Gasteiger partial charge in [-0.2, -0.15) is 4.99 Å². The van der Waals surface area contributed by atoms with E-state index in [0.717, 1.165) is 36.4 Å². The zero-order valence-corrected chi connectivity index (χ0v) is 16.7. The van der Waals surface area contributed by atoms with Crippen LogP contribution in [0.4, 0.5) is 5.69 Å². The van der Waals surface area contributed by atoms with Gasteiger partial charge in [-0.15, -0.1) is 0 Å². The molecule has 1 fully saturated rings. The number of benzene rings is 1. The Morgan fingerprint density at radius 2 is 1.85 bits per heavy atom. The second kappa shape index (κ2) is 7.01. The number of anilines is 1. The van der Waals surface area contributed by atoms with Gasteiger partial charge in [0.05, 0.1) is 7.11 Å². The van der Waals surface area contributed by atoms with Gasteiger partial charge >= 0.3 is 0 Å². The van der Waals surface area contributed by atoms with E-state index in [-0.39, 0.29) is 22.6 Å². The predicted octanol–water partition coefficient (Wildman–Crippen LogP) is 1.06. The van der Waals surface area contributed by atoms with E-state index in [1.54, 1.807) is 23.1 Å². The van der Waals surface area contributed by atoms with Crippen LogP contribution < -0.4 is 21.1 Å². The Hall–Kier alpha value is -2.33. The molecule has 9 nitrogen and oxygen atoms in total. The van der Waals surface area contributed by atoms with E-state index in [0.29, 0.717) is 5.69 Å². The number of guanidine groups is 2. The molecule has 1 aliphatic heterocycles. The minimum absolute atomic E-state index is 0.0637. The zero-order valence-electron chi connectivity index (χ0n) is 15.8. The molecule has 0 unspecified atom stereocenters. The Morgan fingerprint density at radius 1 is 1.19 bits per heavy atom. The van der Waals surface area contributed by atoms with Crippen molar-refractivity contribution < 1.29 is 13.2 Å². The Kier molecular flexibility index (Phi) is 5.04. The lowest BCUT2D eigenvalue weighted by Gasteiger charge is -2.45. The highest BCUT2D eigenvalue weighted by molar-refractivity contribution is 7.89. The van der Waals surface area contributed by atoms with Crippen LogP contribution in [0.1, 0.15) is 32.1 Å². The van der Waals surface area contributed by atoms with E-state index in [1.807, 2.05) is 0 Å². The largest absolute Gasteiger partial charge is 0.495 e. The minimum Gasteiger partial charge on any atom is -0.495 e. The molecule has 1 aliphatic carbocycles. The maximum absolute atomic E-state index is 12.8. The molecule has 1 spiro atoms. The van der Waals surface area contributed by atoms with Gasteiger partial charge in [-0.3, -0.25) is 4.90 Å². The van der Waals surface area contributed by atoms with Crippen LogP contribution in [0.2, 0.25) is 0 Å². The molecular weight excluding hydrogens is 368 g/mol. The lowest BCUT2D eigenvalue weighted by Crippen LogP contribution is -2.58. The van der Waals surface area contributed by atoms with Crippen LogP contribution in [0.3, 0.4) is 0 Å². The number of nitrogens with zero attached hydrogens (tertiary/aromatic N) is 4. The first-order valence-electron chi connectivity index (χ1n) is 8.81. The van der Waals surface area contributed by atoms with Crippen LogP contribution in [0.25, 0.3) is 0 Å².